The topological polar surface area (TPSA) is 19.4 Å². The van der Waals surface area contributed by atoms with Crippen LogP contribution in [0, 0.1) is 0 Å². The van der Waals surface area contributed by atoms with Gasteiger partial charge in [0.05, 0.1) is 5.69 Å². The van der Waals surface area contributed by atoms with E-state index in [1.54, 1.807) is 0 Å². The van der Waals surface area contributed by atoms with E-state index in [2.05, 4.69) is 85.3 Å². The first-order valence-corrected chi connectivity index (χ1v) is 9.59. The van der Waals surface area contributed by atoms with E-state index in [1.165, 1.54) is 22.0 Å². The van der Waals surface area contributed by atoms with Crippen LogP contribution in [0.2, 0.25) is 0 Å². The van der Waals surface area contributed by atoms with Gasteiger partial charge in [-0.05, 0) is 29.1 Å². The summed E-state index contributed by atoms with van der Waals surface area (Å²) in [7, 11) is 0. The molecule has 0 amide bonds. The van der Waals surface area contributed by atoms with E-state index >= 15 is 0 Å². The summed E-state index contributed by atoms with van der Waals surface area (Å²) in [5, 5.41) is 2.56. The van der Waals surface area contributed by atoms with Crippen LogP contribution in [0.5, 0.6) is 0 Å². The van der Waals surface area contributed by atoms with Crippen LogP contribution in [0.4, 0.5) is 0 Å². The summed E-state index contributed by atoms with van der Waals surface area (Å²) < 4.78 is 1.16. The Kier molecular flexibility index (Phi) is 5.11. The number of hydrogen-bond donors (Lipinski definition) is 0. The maximum Gasteiger partial charge on any atom is 0.0622 e. The lowest BCUT2D eigenvalue weighted by atomic mass is 10.1. The Morgan fingerprint density at radius 3 is 2.40 bits per heavy atom. The van der Waals surface area contributed by atoms with E-state index in [1.807, 2.05) is 6.20 Å². The van der Waals surface area contributed by atoms with Crippen molar-refractivity contribution in [1.29, 1.82) is 0 Å². The molecule has 128 valence electrons. The van der Waals surface area contributed by atoms with E-state index in [0.29, 0.717) is 0 Å². The third kappa shape index (κ3) is 4.09. The Morgan fingerprint density at radius 2 is 1.60 bits per heavy atom. The van der Waals surface area contributed by atoms with Crippen LogP contribution in [0.25, 0.3) is 10.8 Å². The Bertz CT molecular complexity index is 851. The van der Waals surface area contributed by atoms with Crippen molar-refractivity contribution in [2.45, 2.75) is 13.1 Å². The molecule has 4 heteroatoms. The van der Waals surface area contributed by atoms with Gasteiger partial charge in [-0.25, -0.2) is 0 Å². The van der Waals surface area contributed by atoms with E-state index in [4.69, 9.17) is 0 Å². The zero-order chi connectivity index (χ0) is 17.1. The molecule has 4 rings (SSSR count). The standard InChI is InChI=1S/C21H22BrN3/c22-19-6-3-4-17(14-19)15-24-10-12-25(13-11-24)16-21-20-7-2-1-5-18(20)8-9-23-21/h1-9,14H,10-13,15-16H2. The molecule has 0 N–H and O–H groups in total. The molecule has 1 saturated heterocycles. The van der Waals surface area contributed by atoms with Crippen molar-refractivity contribution >= 4 is 26.7 Å². The number of aromatic nitrogens is 1. The van der Waals surface area contributed by atoms with E-state index < -0.39 is 0 Å². The molecule has 1 aromatic heterocycles. The van der Waals surface area contributed by atoms with Crippen molar-refractivity contribution < 1.29 is 0 Å². The van der Waals surface area contributed by atoms with Crippen LogP contribution in [-0.2, 0) is 13.1 Å². The average Bonchev–Trinajstić information content (AvgIpc) is 2.64. The molecule has 2 heterocycles. The van der Waals surface area contributed by atoms with Gasteiger partial charge >= 0.3 is 0 Å². The molecular weight excluding hydrogens is 374 g/mol. The smallest absolute Gasteiger partial charge is 0.0622 e. The van der Waals surface area contributed by atoms with E-state index in [-0.39, 0.29) is 0 Å². The van der Waals surface area contributed by atoms with Crippen molar-refractivity contribution in [1.82, 2.24) is 14.8 Å². The molecule has 0 unspecified atom stereocenters. The third-order valence-corrected chi connectivity index (χ3v) is 5.38. The van der Waals surface area contributed by atoms with Gasteiger partial charge in [0.25, 0.3) is 0 Å². The van der Waals surface area contributed by atoms with Gasteiger partial charge in [-0.1, -0.05) is 52.3 Å². The zero-order valence-electron chi connectivity index (χ0n) is 14.2. The number of fused-ring (bicyclic) bond motifs is 1. The van der Waals surface area contributed by atoms with Crippen molar-refractivity contribution in [2.24, 2.45) is 0 Å². The molecule has 0 aliphatic carbocycles. The maximum atomic E-state index is 4.64. The molecule has 2 aromatic carbocycles. The fourth-order valence-corrected chi connectivity index (χ4v) is 3.97. The van der Waals surface area contributed by atoms with Gasteiger partial charge in [0.2, 0.25) is 0 Å². The molecule has 1 fully saturated rings. The molecule has 1 aliphatic rings. The zero-order valence-corrected chi connectivity index (χ0v) is 15.8. The second kappa shape index (κ2) is 7.65. The summed E-state index contributed by atoms with van der Waals surface area (Å²) in [6.45, 7) is 6.37. The SMILES string of the molecule is Brc1cccc(CN2CCN(Cc3nccc4ccccc34)CC2)c1. The van der Waals surface area contributed by atoms with Gasteiger partial charge in [0, 0.05) is 55.3 Å². The summed E-state index contributed by atoms with van der Waals surface area (Å²) in [6, 6.07) is 19.2. The fourth-order valence-electron chi connectivity index (χ4n) is 3.52. The molecule has 3 nitrogen and oxygen atoms in total. The second-order valence-corrected chi connectivity index (χ2v) is 7.58. The summed E-state index contributed by atoms with van der Waals surface area (Å²) in [6.07, 6.45) is 1.93. The van der Waals surface area contributed by atoms with Crippen LogP contribution in [0.15, 0.2) is 65.3 Å². The highest BCUT2D eigenvalue weighted by atomic mass is 79.9. The molecular formula is C21H22BrN3. The van der Waals surface area contributed by atoms with Gasteiger partial charge in [-0.2, -0.15) is 0 Å². The van der Waals surface area contributed by atoms with Gasteiger partial charge in [-0.15, -0.1) is 0 Å². The highest BCUT2D eigenvalue weighted by Gasteiger charge is 2.18. The normalized spacial score (nSPS) is 16.4. The predicted octanol–water partition coefficient (Wildman–Crippen LogP) is 4.32. The Hall–Kier alpha value is -1.75. The van der Waals surface area contributed by atoms with Crippen molar-refractivity contribution in [3.05, 3.63) is 76.5 Å². The minimum atomic E-state index is 0.937. The highest BCUT2D eigenvalue weighted by Crippen LogP contribution is 2.19. The molecule has 0 atom stereocenters. The Labute approximate surface area is 157 Å². The summed E-state index contributed by atoms with van der Waals surface area (Å²) in [5.41, 5.74) is 2.57. The second-order valence-electron chi connectivity index (χ2n) is 6.66. The molecule has 0 saturated carbocycles. The lowest BCUT2D eigenvalue weighted by Gasteiger charge is -2.34. The summed E-state index contributed by atoms with van der Waals surface area (Å²) >= 11 is 3.56. The number of benzene rings is 2. The van der Waals surface area contributed by atoms with E-state index in [0.717, 1.165) is 43.7 Å². The first-order chi connectivity index (χ1) is 12.3. The number of halogens is 1. The molecule has 0 bridgehead atoms. The first kappa shape index (κ1) is 16.7. The van der Waals surface area contributed by atoms with Gasteiger partial charge in [0.1, 0.15) is 0 Å². The molecule has 0 radical (unpaired) electrons. The van der Waals surface area contributed by atoms with Crippen molar-refractivity contribution in [3.63, 3.8) is 0 Å². The number of pyridine rings is 1. The molecule has 25 heavy (non-hydrogen) atoms. The van der Waals surface area contributed by atoms with Gasteiger partial charge < -0.3 is 0 Å². The fraction of sp³-hybridized carbons (Fsp3) is 0.286. The highest BCUT2D eigenvalue weighted by molar-refractivity contribution is 9.10. The summed E-state index contributed by atoms with van der Waals surface area (Å²) in [5.74, 6) is 0. The minimum absolute atomic E-state index is 0.937. The van der Waals surface area contributed by atoms with Crippen LogP contribution >= 0.6 is 15.9 Å². The van der Waals surface area contributed by atoms with Crippen LogP contribution < -0.4 is 0 Å². The van der Waals surface area contributed by atoms with Crippen LogP contribution in [0.3, 0.4) is 0 Å². The minimum Gasteiger partial charge on any atom is -0.297 e. The quantitative estimate of drug-likeness (QED) is 0.655. The third-order valence-electron chi connectivity index (χ3n) is 4.89. The lowest BCUT2D eigenvalue weighted by Crippen LogP contribution is -2.45. The van der Waals surface area contributed by atoms with Crippen LogP contribution in [-0.4, -0.2) is 41.0 Å². The van der Waals surface area contributed by atoms with Crippen molar-refractivity contribution in [3.8, 4) is 0 Å². The molecule has 3 aromatic rings. The number of piperazine rings is 1. The largest absolute Gasteiger partial charge is 0.297 e. The van der Waals surface area contributed by atoms with Crippen molar-refractivity contribution in [2.75, 3.05) is 26.2 Å². The first-order valence-electron chi connectivity index (χ1n) is 8.80. The van der Waals surface area contributed by atoms with E-state index in [9.17, 15) is 0 Å². The summed E-state index contributed by atoms with van der Waals surface area (Å²) in [4.78, 5) is 9.69. The van der Waals surface area contributed by atoms with Gasteiger partial charge in [0.15, 0.2) is 0 Å². The number of hydrogen-bond acceptors (Lipinski definition) is 3. The number of rotatable bonds is 4. The number of nitrogens with zero attached hydrogens (tertiary/aromatic N) is 3. The van der Waals surface area contributed by atoms with Crippen LogP contribution in [0.1, 0.15) is 11.3 Å². The predicted molar refractivity (Wildman–Crippen MR) is 106 cm³/mol. The Balaban J connectivity index is 1.37. The molecule has 1 aliphatic heterocycles. The van der Waals surface area contributed by atoms with Gasteiger partial charge in [-0.3, -0.25) is 14.8 Å². The Morgan fingerprint density at radius 1 is 0.840 bits per heavy atom. The maximum absolute atomic E-state index is 4.64. The molecule has 0 spiro atoms. The average molecular weight is 396 g/mol. The monoisotopic (exact) mass is 395 g/mol. The lowest BCUT2D eigenvalue weighted by molar-refractivity contribution is 0.121.